The zero-order valence-corrected chi connectivity index (χ0v) is 32.8. The molecule has 0 aliphatic carbocycles. The molecular formula is C47H41BrNiP2+. The van der Waals surface area contributed by atoms with Crippen molar-refractivity contribution in [2.75, 3.05) is 0 Å². The summed E-state index contributed by atoms with van der Waals surface area (Å²) in [6.07, 6.45) is 8.87. The van der Waals surface area contributed by atoms with Crippen LogP contribution in [0.4, 0.5) is 0 Å². The van der Waals surface area contributed by atoms with Gasteiger partial charge in [-0.15, -0.1) is 0 Å². The molecule has 0 nitrogen and oxygen atoms in total. The molecule has 0 aromatic heterocycles. The Balaban J connectivity index is 0.000000228. The number of halogens is 1. The van der Waals surface area contributed by atoms with Gasteiger partial charge in [-0.1, -0.05) is 214 Å². The van der Waals surface area contributed by atoms with Crippen LogP contribution in [0.25, 0.3) is 6.08 Å². The minimum atomic E-state index is -0.456. The van der Waals surface area contributed by atoms with Gasteiger partial charge in [0.05, 0.1) is 0 Å². The van der Waals surface area contributed by atoms with E-state index in [1.165, 1.54) is 38.2 Å². The van der Waals surface area contributed by atoms with Gasteiger partial charge >= 0.3 is 16.5 Å². The minimum absolute atomic E-state index is 0. The van der Waals surface area contributed by atoms with Gasteiger partial charge in [0.25, 0.3) is 0 Å². The summed E-state index contributed by atoms with van der Waals surface area (Å²) in [5.74, 6) is 0. The molecule has 7 aromatic carbocycles. The van der Waals surface area contributed by atoms with Crippen LogP contribution in [0.5, 0.6) is 0 Å². The van der Waals surface area contributed by atoms with E-state index in [2.05, 4.69) is 200 Å². The molecule has 0 saturated heterocycles. The maximum Gasteiger partial charge on any atom is 2.00 e. The normalized spacial score (nSPS) is 10.5. The molecular weight excluding hydrogens is 765 g/mol. The van der Waals surface area contributed by atoms with E-state index in [4.69, 9.17) is 0 Å². The molecule has 0 aliphatic rings. The van der Waals surface area contributed by atoms with Gasteiger partial charge in [-0.2, -0.15) is 0 Å². The van der Waals surface area contributed by atoms with Gasteiger partial charge in [0, 0.05) is 6.16 Å². The summed E-state index contributed by atoms with van der Waals surface area (Å²) in [5.41, 5.74) is 6.58. The number of hydrogen-bond donors (Lipinski definition) is 0. The monoisotopic (exact) mass is 804 g/mol. The Kier molecular flexibility index (Phi) is 17.3. The summed E-state index contributed by atoms with van der Waals surface area (Å²) < 4.78 is 0. The molecule has 0 amide bonds. The first kappa shape index (κ1) is 39.9. The first-order valence-electron chi connectivity index (χ1n) is 16.8. The third-order valence-corrected chi connectivity index (χ3v) is 13.3. The molecule has 1 radical (unpaired) electrons. The summed E-state index contributed by atoms with van der Waals surface area (Å²) in [7, 11) is -0.664. The van der Waals surface area contributed by atoms with Crippen molar-refractivity contribution in [3.05, 3.63) is 240 Å². The SMILES string of the molecule is [Br-].[C](=Cc1ccccc1CP(c1ccccc1)c1ccccc1)c1ccccc1.[Ni+2].c1ccc(CP(Cc2ccccc2)c2ccccc2)cc1. The summed E-state index contributed by atoms with van der Waals surface area (Å²) >= 11 is 0. The molecule has 0 aliphatic heterocycles. The van der Waals surface area contributed by atoms with Crippen molar-refractivity contribution in [3.63, 3.8) is 0 Å². The van der Waals surface area contributed by atoms with Crippen molar-refractivity contribution in [3.8, 4) is 0 Å². The Morgan fingerprint density at radius 2 is 0.765 bits per heavy atom. The quantitative estimate of drug-likeness (QED) is 0.0701. The van der Waals surface area contributed by atoms with Gasteiger partial charge in [0.15, 0.2) is 0 Å². The third-order valence-electron chi connectivity index (χ3n) is 8.24. The van der Waals surface area contributed by atoms with E-state index in [1.807, 2.05) is 18.2 Å². The van der Waals surface area contributed by atoms with Gasteiger partial charge < -0.3 is 17.0 Å². The first-order valence-corrected chi connectivity index (χ1v) is 20.0. The Labute approximate surface area is 327 Å². The van der Waals surface area contributed by atoms with Crippen molar-refractivity contribution in [1.82, 2.24) is 0 Å². The minimum Gasteiger partial charge on any atom is -1.00 e. The van der Waals surface area contributed by atoms with E-state index in [1.54, 1.807) is 0 Å². The molecule has 0 saturated carbocycles. The molecule has 0 N–H and O–H groups in total. The van der Waals surface area contributed by atoms with Gasteiger partial charge in [0.2, 0.25) is 0 Å². The molecule has 0 fully saturated rings. The maximum atomic E-state index is 3.44. The standard InChI is InChI=1S/C27H22P.C20H19P.BrH.Ni/c1-4-12-23(13-5-1)20-21-24-14-10-11-15-25(24)22-28(26-16-6-2-7-17-26)27-18-8-3-9-19-27;1-4-10-18(11-5-1)16-21(20-14-8-3-9-15-20)17-19-12-6-2-7-13-19;;/h1-19,21H,22H2;1-15H,16-17H2;1H;/q;;;+2/p-1. The average Bonchev–Trinajstić information content (AvgIpc) is 3.19. The summed E-state index contributed by atoms with van der Waals surface area (Å²) in [4.78, 5) is 0. The fourth-order valence-electron chi connectivity index (χ4n) is 5.72. The second kappa shape index (κ2) is 22.1. The second-order valence-corrected chi connectivity index (χ2v) is 16.2. The van der Waals surface area contributed by atoms with Crippen LogP contribution in [0.2, 0.25) is 0 Å². The van der Waals surface area contributed by atoms with Crippen LogP contribution in [-0.4, -0.2) is 0 Å². The Bertz CT molecular complexity index is 1890. The molecule has 4 heteroatoms. The molecule has 0 unspecified atom stereocenters. The molecule has 0 spiro atoms. The number of rotatable bonds is 11. The van der Waals surface area contributed by atoms with Crippen LogP contribution < -0.4 is 32.9 Å². The van der Waals surface area contributed by atoms with Crippen molar-refractivity contribution in [1.29, 1.82) is 0 Å². The summed E-state index contributed by atoms with van der Waals surface area (Å²) in [6.45, 7) is 0. The fraction of sp³-hybridized carbons (Fsp3) is 0.0638. The Morgan fingerprint density at radius 1 is 0.392 bits per heavy atom. The van der Waals surface area contributed by atoms with Crippen LogP contribution in [-0.2, 0) is 35.0 Å². The smallest absolute Gasteiger partial charge is 1.00 e. The molecule has 7 aromatic rings. The van der Waals surface area contributed by atoms with E-state index < -0.39 is 7.92 Å². The van der Waals surface area contributed by atoms with Gasteiger partial charge in [-0.25, -0.2) is 0 Å². The zero-order valence-electron chi connectivity index (χ0n) is 28.4. The molecule has 51 heavy (non-hydrogen) atoms. The van der Waals surface area contributed by atoms with Crippen LogP contribution >= 0.6 is 15.8 Å². The largest absolute Gasteiger partial charge is 2.00 e. The molecule has 255 valence electrons. The average molecular weight is 806 g/mol. The predicted molar refractivity (Wildman–Crippen MR) is 216 cm³/mol. The van der Waals surface area contributed by atoms with Crippen molar-refractivity contribution < 1.29 is 33.5 Å². The summed E-state index contributed by atoms with van der Waals surface area (Å²) in [6, 6.07) is 73.4. The van der Waals surface area contributed by atoms with Crippen LogP contribution in [0.15, 0.2) is 206 Å². The van der Waals surface area contributed by atoms with E-state index in [0.29, 0.717) is 0 Å². The van der Waals surface area contributed by atoms with Gasteiger partial charge in [-0.3, -0.25) is 0 Å². The topological polar surface area (TPSA) is 0 Å². The number of hydrogen-bond acceptors (Lipinski definition) is 0. The predicted octanol–water partition coefficient (Wildman–Crippen LogP) is 8.38. The first-order chi connectivity index (χ1) is 24.3. The van der Waals surface area contributed by atoms with E-state index in [0.717, 1.165) is 24.0 Å². The van der Waals surface area contributed by atoms with Crippen molar-refractivity contribution in [2.24, 2.45) is 0 Å². The Hall–Kier alpha value is -3.89. The summed E-state index contributed by atoms with van der Waals surface area (Å²) in [5, 5.41) is 4.31. The third kappa shape index (κ3) is 12.7. The van der Waals surface area contributed by atoms with Gasteiger partial charge in [0.1, 0.15) is 0 Å². The zero-order chi connectivity index (χ0) is 33.4. The van der Waals surface area contributed by atoms with Crippen molar-refractivity contribution in [2.45, 2.75) is 18.5 Å². The molecule has 7 rings (SSSR count). The van der Waals surface area contributed by atoms with E-state index in [9.17, 15) is 0 Å². The molecule has 0 atom stereocenters. The van der Waals surface area contributed by atoms with Crippen LogP contribution in [0, 0.1) is 6.08 Å². The Morgan fingerprint density at radius 3 is 1.24 bits per heavy atom. The van der Waals surface area contributed by atoms with Crippen molar-refractivity contribution >= 4 is 37.8 Å². The fourth-order valence-corrected chi connectivity index (χ4v) is 10.4. The van der Waals surface area contributed by atoms with Gasteiger partial charge in [-0.05, 0) is 76.1 Å². The molecule has 0 heterocycles. The second-order valence-electron chi connectivity index (χ2n) is 11.8. The van der Waals surface area contributed by atoms with Crippen LogP contribution in [0.3, 0.4) is 0 Å². The maximum absolute atomic E-state index is 3.44. The van der Waals surface area contributed by atoms with Crippen LogP contribution in [0.1, 0.15) is 27.8 Å². The number of benzene rings is 7. The van der Waals surface area contributed by atoms with E-state index in [-0.39, 0.29) is 41.4 Å². The molecule has 0 bridgehead atoms. The van der Waals surface area contributed by atoms with E-state index >= 15 is 0 Å².